The van der Waals surface area contributed by atoms with Crippen LogP contribution in [-0.2, 0) is 17.9 Å². The lowest BCUT2D eigenvalue weighted by Gasteiger charge is -2.10. The molecular weight excluding hydrogens is 280 g/mol. The van der Waals surface area contributed by atoms with E-state index in [9.17, 15) is 4.79 Å². The maximum atomic E-state index is 10.5. The molecular formula is C17H16N2O3. The van der Waals surface area contributed by atoms with Crippen LogP contribution in [0.4, 0.5) is 0 Å². The van der Waals surface area contributed by atoms with E-state index in [-0.39, 0.29) is 6.54 Å². The van der Waals surface area contributed by atoms with Gasteiger partial charge in [0.25, 0.3) is 0 Å². The molecule has 0 fully saturated rings. The summed E-state index contributed by atoms with van der Waals surface area (Å²) >= 11 is 0. The second-order valence-corrected chi connectivity index (χ2v) is 4.70. The number of aliphatic carboxylic acids is 1. The number of rotatable bonds is 7. The van der Waals surface area contributed by atoms with Crippen LogP contribution in [0.5, 0.6) is 5.75 Å². The molecule has 0 aliphatic heterocycles. The maximum absolute atomic E-state index is 10.5. The molecule has 0 aromatic heterocycles. The Kier molecular flexibility index (Phi) is 5.52. The summed E-state index contributed by atoms with van der Waals surface area (Å²) in [5, 5.41) is 20.5. The summed E-state index contributed by atoms with van der Waals surface area (Å²) in [5.41, 5.74) is 2.27. The summed E-state index contributed by atoms with van der Waals surface area (Å²) in [6.07, 6.45) is 0. The first kappa shape index (κ1) is 15.5. The van der Waals surface area contributed by atoms with Gasteiger partial charge in [-0.05, 0) is 29.3 Å². The van der Waals surface area contributed by atoms with Crippen LogP contribution >= 0.6 is 0 Å². The molecule has 0 saturated heterocycles. The fraction of sp³-hybridized carbons (Fsp3) is 0.176. The second kappa shape index (κ2) is 7.81. The van der Waals surface area contributed by atoms with E-state index >= 15 is 0 Å². The van der Waals surface area contributed by atoms with Crippen molar-refractivity contribution in [2.45, 2.75) is 13.2 Å². The largest absolute Gasteiger partial charge is 0.489 e. The zero-order valence-corrected chi connectivity index (χ0v) is 12.0. The van der Waals surface area contributed by atoms with Gasteiger partial charge in [0.2, 0.25) is 0 Å². The minimum absolute atomic E-state index is 0.153. The predicted octanol–water partition coefficient (Wildman–Crippen LogP) is 2.31. The van der Waals surface area contributed by atoms with Crippen LogP contribution in [0.2, 0.25) is 0 Å². The Morgan fingerprint density at radius 2 is 2.00 bits per heavy atom. The quantitative estimate of drug-likeness (QED) is 0.819. The highest BCUT2D eigenvalue weighted by Gasteiger charge is 2.06. The molecule has 5 nitrogen and oxygen atoms in total. The fourth-order valence-corrected chi connectivity index (χ4v) is 1.96. The molecule has 0 heterocycles. The number of benzene rings is 2. The Bertz CT molecular complexity index is 678. The molecule has 2 N–H and O–H groups in total. The van der Waals surface area contributed by atoms with E-state index in [4.69, 9.17) is 15.1 Å². The van der Waals surface area contributed by atoms with Gasteiger partial charge in [-0.2, -0.15) is 5.26 Å². The number of carboxylic acids is 1. The molecule has 2 aromatic rings. The lowest BCUT2D eigenvalue weighted by Crippen LogP contribution is -2.22. The topological polar surface area (TPSA) is 82.3 Å². The van der Waals surface area contributed by atoms with Crippen molar-refractivity contribution >= 4 is 5.97 Å². The number of hydrogen-bond acceptors (Lipinski definition) is 4. The van der Waals surface area contributed by atoms with Crippen molar-refractivity contribution in [3.05, 3.63) is 65.2 Å². The van der Waals surface area contributed by atoms with Crippen molar-refractivity contribution in [1.82, 2.24) is 5.32 Å². The molecule has 0 spiro atoms. The highest BCUT2D eigenvalue weighted by Crippen LogP contribution is 2.18. The third kappa shape index (κ3) is 4.62. The number of nitrogens with zero attached hydrogens (tertiary/aromatic N) is 1. The highest BCUT2D eigenvalue weighted by atomic mass is 16.5. The lowest BCUT2D eigenvalue weighted by atomic mass is 10.1. The lowest BCUT2D eigenvalue weighted by molar-refractivity contribution is -0.135. The summed E-state index contributed by atoms with van der Waals surface area (Å²) in [6, 6.07) is 17.0. The fourth-order valence-electron chi connectivity index (χ4n) is 1.96. The van der Waals surface area contributed by atoms with Gasteiger partial charge in [-0.1, -0.05) is 30.3 Å². The third-order valence-corrected chi connectivity index (χ3v) is 3.04. The summed E-state index contributed by atoms with van der Waals surface area (Å²) < 4.78 is 5.71. The molecule has 0 aliphatic carbocycles. The summed E-state index contributed by atoms with van der Waals surface area (Å²) in [6.45, 7) is 0.590. The molecule has 0 bridgehead atoms. The van der Waals surface area contributed by atoms with Gasteiger partial charge in [-0.25, -0.2) is 0 Å². The molecule has 5 heteroatoms. The zero-order valence-electron chi connectivity index (χ0n) is 12.0. The van der Waals surface area contributed by atoms with Gasteiger partial charge in [-0.15, -0.1) is 0 Å². The van der Waals surface area contributed by atoms with Crippen LogP contribution in [0.15, 0.2) is 48.5 Å². The molecule has 2 aromatic carbocycles. The smallest absolute Gasteiger partial charge is 0.317 e. The van der Waals surface area contributed by atoms with Crippen LogP contribution < -0.4 is 10.1 Å². The van der Waals surface area contributed by atoms with Gasteiger partial charge in [0.15, 0.2) is 0 Å². The molecule has 2 rings (SSSR count). The van der Waals surface area contributed by atoms with Gasteiger partial charge in [0.1, 0.15) is 12.4 Å². The van der Waals surface area contributed by atoms with E-state index in [1.54, 1.807) is 18.2 Å². The first-order valence-corrected chi connectivity index (χ1v) is 6.81. The van der Waals surface area contributed by atoms with Crippen LogP contribution in [-0.4, -0.2) is 17.6 Å². The van der Waals surface area contributed by atoms with E-state index in [1.807, 2.05) is 30.3 Å². The highest BCUT2D eigenvalue weighted by molar-refractivity contribution is 5.69. The van der Waals surface area contributed by atoms with Crippen LogP contribution in [0.25, 0.3) is 0 Å². The van der Waals surface area contributed by atoms with Crippen molar-refractivity contribution in [3.8, 4) is 11.8 Å². The van der Waals surface area contributed by atoms with E-state index < -0.39 is 5.97 Å². The SMILES string of the molecule is N#Cc1ccc(OCc2ccccc2)cc1CNCC(=O)O. The zero-order chi connectivity index (χ0) is 15.8. The van der Waals surface area contributed by atoms with Crippen LogP contribution in [0.1, 0.15) is 16.7 Å². The number of nitrogens with one attached hydrogen (secondary N) is 1. The Balaban J connectivity index is 2.03. The molecule has 0 amide bonds. The van der Waals surface area contributed by atoms with Gasteiger partial charge >= 0.3 is 5.97 Å². The molecule has 22 heavy (non-hydrogen) atoms. The number of carboxylic acid groups (broad SMARTS) is 1. The molecule has 0 unspecified atom stereocenters. The van der Waals surface area contributed by atoms with E-state index in [2.05, 4.69) is 11.4 Å². The van der Waals surface area contributed by atoms with E-state index in [0.29, 0.717) is 30.0 Å². The second-order valence-electron chi connectivity index (χ2n) is 4.70. The summed E-state index contributed by atoms with van der Waals surface area (Å²) in [4.78, 5) is 10.5. The Labute approximate surface area is 128 Å². The average Bonchev–Trinajstić information content (AvgIpc) is 2.54. The monoisotopic (exact) mass is 296 g/mol. The normalized spacial score (nSPS) is 9.95. The molecule has 0 radical (unpaired) electrons. The Hall–Kier alpha value is -2.84. The molecule has 0 atom stereocenters. The molecule has 0 aliphatic rings. The number of ether oxygens (including phenoxy) is 1. The van der Waals surface area contributed by atoms with Crippen molar-refractivity contribution in [1.29, 1.82) is 5.26 Å². The third-order valence-electron chi connectivity index (χ3n) is 3.04. The first-order valence-electron chi connectivity index (χ1n) is 6.81. The minimum atomic E-state index is -0.935. The van der Waals surface area contributed by atoms with Crippen LogP contribution in [0, 0.1) is 11.3 Å². The maximum Gasteiger partial charge on any atom is 0.317 e. The Morgan fingerprint density at radius 3 is 2.68 bits per heavy atom. The summed E-state index contributed by atoms with van der Waals surface area (Å²) in [7, 11) is 0. The van der Waals surface area contributed by atoms with Crippen molar-refractivity contribution in [3.63, 3.8) is 0 Å². The van der Waals surface area contributed by atoms with Gasteiger partial charge < -0.3 is 15.2 Å². The van der Waals surface area contributed by atoms with E-state index in [0.717, 1.165) is 5.56 Å². The van der Waals surface area contributed by atoms with Crippen molar-refractivity contribution in [2.24, 2.45) is 0 Å². The standard InChI is InChI=1S/C17H16N2O3/c18-9-14-6-7-16(8-15(14)10-19-11-17(20)21)22-12-13-4-2-1-3-5-13/h1-8,19H,10-12H2,(H,20,21). The Morgan fingerprint density at radius 1 is 1.23 bits per heavy atom. The minimum Gasteiger partial charge on any atom is -0.489 e. The first-order chi connectivity index (χ1) is 10.7. The van der Waals surface area contributed by atoms with Crippen molar-refractivity contribution in [2.75, 3.05) is 6.54 Å². The number of nitriles is 1. The van der Waals surface area contributed by atoms with Crippen molar-refractivity contribution < 1.29 is 14.6 Å². The summed E-state index contributed by atoms with van der Waals surface area (Å²) in [5.74, 6) is -0.287. The number of carbonyl (C=O) groups is 1. The molecule has 112 valence electrons. The van der Waals surface area contributed by atoms with E-state index in [1.165, 1.54) is 0 Å². The van der Waals surface area contributed by atoms with Crippen LogP contribution in [0.3, 0.4) is 0 Å². The van der Waals surface area contributed by atoms with Gasteiger partial charge in [0.05, 0.1) is 18.2 Å². The van der Waals surface area contributed by atoms with Gasteiger partial charge in [-0.3, -0.25) is 4.79 Å². The molecule has 0 saturated carbocycles. The van der Waals surface area contributed by atoms with Gasteiger partial charge in [0, 0.05) is 6.54 Å². The average molecular weight is 296 g/mol. The number of hydrogen-bond donors (Lipinski definition) is 2. The predicted molar refractivity (Wildman–Crippen MR) is 81.3 cm³/mol.